The molecule has 0 atom stereocenters. The molecule has 0 bridgehead atoms. The molecule has 0 aliphatic carbocycles. The van der Waals surface area contributed by atoms with E-state index < -0.39 is 0 Å². The van der Waals surface area contributed by atoms with Crippen molar-refractivity contribution in [3.63, 3.8) is 0 Å². The maximum Gasteiger partial charge on any atom is 0.260 e. The van der Waals surface area contributed by atoms with Gasteiger partial charge in [-0.1, -0.05) is 0 Å². The van der Waals surface area contributed by atoms with Crippen molar-refractivity contribution < 1.29 is 4.74 Å². The molecule has 1 N–H and O–H groups in total. The molecule has 5 nitrogen and oxygen atoms in total. The molecule has 0 aliphatic heterocycles. The second-order valence-electron chi connectivity index (χ2n) is 4.33. The number of nitrogens with one attached hydrogen (secondary N) is 1. The number of hydrogen-bond donors (Lipinski definition) is 1. The number of methoxy groups -OCH3 is 1. The minimum Gasteiger partial charge on any atom is -0.385 e. The van der Waals surface area contributed by atoms with Crippen molar-refractivity contribution in [3.05, 3.63) is 34.1 Å². The molecular weight excluding hydrogens is 274 g/mol. The highest BCUT2D eigenvalue weighted by Gasteiger charge is 2.09. The van der Waals surface area contributed by atoms with E-state index in [1.807, 2.05) is 24.4 Å². The summed E-state index contributed by atoms with van der Waals surface area (Å²) in [6, 6.07) is 3.70. The lowest BCUT2D eigenvalue weighted by Crippen LogP contribution is -2.21. The Morgan fingerprint density at radius 3 is 3.10 bits per heavy atom. The van der Waals surface area contributed by atoms with Crippen molar-refractivity contribution in [2.45, 2.75) is 19.9 Å². The lowest BCUT2D eigenvalue weighted by molar-refractivity contribution is 0.190. The maximum absolute atomic E-state index is 12.4. The number of nitrogens with zero attached hydrogens (tertiary/aromatic N) is 2. The van der Waals surface area contributed by atoms with E-state index in [1.165, 1.54) is 11.3 Å². The molecule has 108 valence electrons. The molecule has 2 rings (SSSR count). The molecule has 2 aromatic rings. The second-order valence-corrected chi connectivity index (χ2v) is 5.19. The molecular formula is C14H19N3O2S. The van der Waals surface area contributed by atoms with E-state index in [-0.39, 0.29) is 5.56 Å². The summed E-state index contributed by atoms with van der Waals surface area (Å²) in [5, 5.41) is 5.91. The molecule has 6 heteroatoms. The molecule has 2 heterocycles. The van der Waals surface area contributed by atoms with Crippen molar-refractivity contribution in [2.75, 3.05) is 25.6 Å². The maximum atomic E-state index is 12.4. The summed E-state index contributed by atoms with van der Waals surface area (Å²) in [6.45, 7) is 4.15. The quantitative estimate of drug-likeness (QED) is 0.797. The van der Waals surface area contributed by atoms with Gasteiger partial charge in [-0.2, -0.15) is 0 Å². The number of anilines is 1. The van der Waals surface area contributed by atoms with Crippen LogP contribution in [0.15, 0.2) is 28.5 Å². The minimum atomic E-state index is -0.00282. The molecule has 0 aliphatic rings. The highest BCUT2D eigenvalue weighted by molar-refractivity contribution is 7.14. The Balaban J connectivity index is 2.22. The van der Waals surface area contributed by atoms with E-state index in [0.717, 1.165) is 23.8 Å². The van der Waals surface area contributed by atoms with Crippen LogP contribution in [0.2, 0.25) is 0 Å². The molecule has 2 aromatic heterocycles. The normalized spacial score (nSPS) is 10.7. The van der Waals surface area contributed by atoms with Gasteiger partial charge in [0.1, 0.15) is 0 Å². The minimum absolute atomic E-state index is 0.00282. The van der Waals surface area contributed by atoms with E-state index in [2.05, 4.69) is 10.3 Å². The molecule has 0 aromatic carbocycles. The molecule has 0 saturated heterocycles. The summed E-state index contributed by atoms with van der Waals surface area (Å²) >= 11 is 1.51. The van der Waals surface area contributed by atoms with Crippen LogP contribution in [0, 0.1) is 0 Å². The van der Waals surface area contributed by atoms with Gasteiger partial charge in [-0.15, -0.1) is 11.3 Å². The number of thiazole rings is 1. The van der Waals surface area contributed by atoms with Gasteiger partial charge in [0, 0.05) is 38.4 Å². The molecule has 0 saturated carbocycles. The molecule has 0 unspecified atom stereocenters. The van der Waals surface area contributed by atoms with E-state index in [0.29, 0.717) is 18.7 Å². The third kappa shape index (κ3) is 3.46. The van der Waals surface area contributed by atoms with Crippen LogP contribution < -0.4 is 10.9 Å². The molecule has 0 spiro atoms. The standard InChI is InChI=1S/C14H19N3O2S/c1-3-15-14-16-12(10-20-14)11-6-4-7-17(13(11)18)8-5-9-19-2/h4,6-7,10H,3,5,8-9H2,1-2H3,(H,15,16). The van der Waals surface area contributed by atoms with Gasteiger partial charge in [0.2, 0.25) is 0 Å². The summed E-state index contributed by atoms with van der Waals surface area (Å²) < 4.78 is 6.72. The summed E-state index contributed by atoms with van der Waals surface area (Å²) in [5.74, 6) is 0. The fraction of sp³-hybridized carbons (Fsp3) is 0.429. The van der Waals surface area contributed by atoms with Gasteiger partial charge in [-0.25, -0.2) is 4.98 Å². The Morgan fingerprint density at radius 1 is 1.50 bits per heavy atom. The summed E-state index contributed by atoms with van der Waals surface area (Å²) in [7, 11) is 1.66. The monoisotopic (exact) mass is 293 g/mol. The van der Waals surface area contributed by atoms with Gasteiger partial charge in [0.25, 0.3) is 5.56 Å². The van der Waals surface area contributed by atoms with Gasteiger partial charge in [-0.05, 0) is 25.5 Å². The number of rotatable bonds is 7. The van der Waals surface area contributed by atoms with E-state index in [9.17, 15) is 4.79 Å². The predicted octanol–water partition coefficient (Wildman–Crippen LogP) is 2.44. The Bertz CT molecular complexity index is 606. The molecule has 20 heavy (non-hydrogen) atoms. The van der Waals surface area contributed by atoms with E-state index in [1.54, 1.807) is 17.9 Å². The van der Waals surface area contributed by atoms with Crippen LogP contribution in [0.4, 0.5) is 5.13 Å². The summed E-state index contributed by atoms with van der Waals surface area (Å²) in [6.07, 6.45) is 2.62. The van der Waals surface area contributed by atoms with Gasteiger partial charge < -0.3 is 14.6 Å². The third-order valence-electron chi connectivity index (χ3n) is 2.88. The first kappa shape index (κ1) is 14.7. The van der Waals surface area contributed by atoms with Gasteiger partial charge in [-0.3, -0.25) is 4.79 Å². The van der Waals surface area contributed by atoms with Crippen molar-refractivity contribution >= 4 is 16.5 Å². The topological polar surface area (TPSA) is 56.1 Å². The van der Waals surface area contributed by atoms with Crippen molar-refractivity contribution in [2.24, 2.45) is 0 Å². The van der Waals surface area contributed by atoms with Crippen LogP contribution in [-0.4, -0.2) is 29.8 Å². The lowest BCUT2D eigenvalue weighted by atomic mass is 10.2. The Morgan fingerprint density at radius 2 is 2.35 bits per heavy atom. The largest absolute Gasteiger partial charge is 0.385 e. The van der Waals surface area contributed by atoms with Gasteiger partial charge in [0.15, 0.2) is 5.13 Å². The number of aromatic nitrogens is 2. The SMILES string of the molecule is CCNc1nc(-c2cccn(CCCOC)c2=O)cs1. The van der Waals surface area contributed by atoms with Crippen LogP contribution in [0.3, 0.4) is 0 Å². The van der Waals surface area contributed by atoms with Crippen LogP contribution in [0.1, 0.15) is 13.3 Å². The lowest BCUT2D eigenvalue weighted by Gasteiger charge is -2.06. The number of ether oxygens (including phenoxy) is 1. The highest BCUT2D eigenvalue weighted by Crippen LogP contribution is 2.22. The molecule has 0 fully saturated rings. The first-order valence-corrected chi connectivity index (χ1v) is 7.52. The summed E-state index contributed by atoms with van der Waals surface area (Å²) in [5.41, 5.74) is 1.37. The number of aryl methyl sites for hydroxylation is 1. The Labute approximate surface area is 122 Å². The molecule has 0 amide bonds. The Hall–Kier alpha value is -1.66. The number of hydrogen-bond acceptors (Lipinski definition) is 5. The zero-order chi connectivity index (χ0) is 14.4. The van der Waals surface area contributed by atoms with Crippen molar-refractivity contribution in [1.82, 2.24) is 9.55 Å². The average molecular weight is 293 g/mol. The first-order chi connectivity index (χ1) is 9.76. The van der Waals surface area contributed by atoms with Crippen LogP contribution in [0.25, 0.3) is 11.3 Å². The summed E-state index contributed by atoms with van der Waals surface area (Å²) in [4.78, 5) is 16.8. The van der Waals surface area contributed by atoms with E-state index in [4.69, 9.17) is 4.74 Å². The second kappa shape index (κ2) is 7.21. The van der Waals surface area contributed by atoms with Crippen LogP contribution in [0.5, 0.6) is 0 Å². The van der Waals surface area contributed by atoms with Crippen molar-refractivity contribution in [3.8, 4) is 11.3 Å². The zero-order valence-electron chi connectivity index (χ0n) is 11.8. The zero-order valence-corrected chi connectivity index (χ0v) is 12.6. The Kier molecular flexibility index (Phi) is 5.31. The first-order valence-electron chi connectivity index (χ1n) is 6.64. The van der Waals surface area contributed by atoms with E-state index >= 15 is 0 Å². The van der Waals surface area contributed by atoms with Crippen LogP contribution in [-0.2, 0) is 11.3 Å². The number of pyridine rings is 1. The van der Waals surface area contributed by atoms with Crippen molar-refractivity contribution in [1.29, 1.82) is 0 Å². The highest BCUT2D eigenvalue weighted by atomic mass is 32.1. The van der Waals surface area contributed by atoms with Crippen LogP contribution >= 0.6 is 11.3 Å². The fourth-order valence-corrected chi connectivity index (χ4v) is 2.70. The van der Waals surface area contributed by atoms with Gasteiger partial charge in [0.05, 0.1) is 11.3 Å². The third-order valence-corrected chi connectivity index (χ3v) is 3.68. The average Bonchev–Trinajstić information content (AvgIpc) is 2.90. The van der Waals surface area contributed by atoms with Gasteiger partial charge >= 0.3 is 0 Å². The fourth-order valence-electron chi connectivity index (χ4n) is 1.92. The molecule has 0 radical (unpaired) electrons. The predicted molar refractivity (Wildman–Crippen MR) is 82.5 cm³/mol. The smallest absolute Gasteiger partial charge is 0.260 e.